The second kappa shape index (κ2) is 12.0. The van der Waals surface area contributed by atoms with Crippen molar-refractivity contribution in [2.45, 2.75) is 52.3 Å². The van der Waals surface area contributed by atoms with Gasteiger partial charge in [-0.25, -0.2) is 4.79 Å². The Morgan fingerprint density at radius 3 is 2.56 bits per heavy atom. The van der Waals surface area contributed by atoms with E-state index >= 15 is 0 Å². The molecule has 2 atom stereocenters. The van der Waals surface area contributed by atoms with Crippen molar-refractivity contribution in [2.75, 3.05) is 20.1 Å². The van der Waals surface area contributed by atoms with Crippen molar-refractivity contribution in [1.82, 2.24) is 15.1 Å². The summed E-state index contributed by atoms with van der Waals surface area (Å²) in [6.45, 7) is 6.16. The van der Waals surface area contributed by atoms with Crippen molar-refractivity contribution < 1.29 is 23.9 Å². The van der Waals surface area contributed by atoms with E-state index in [2.05, 4.69) is 5.32 Å². The molecule has 0 aromatic heterocycles. The van der Waals surface area contributed by atoms with Crippen molar-refractivity contribution in [3.8, 4) is 0 Å². The van der Waals surface area contributed by atoms with E-state index in [-0.39, 0.29) is 36.9 Å². The van der Waals surface area contributed by atoms with Gasteiger partial charge in [0.1, 0.15) is 12.6 Å². The minimum atomic E-state index is -0.608. The van der Waals surface area contributed by atoms with Gasteiger partial charge in [-0.05, 0) is 31.2 Å². The number of carbonyl (C=O) groups excluding carboxylic acids is 4. The minimum absolute atomic E-state index is 0.0492. The average Bonchev–Trinajstić information content (AvgIpc) is 3.28. The number of likely N-dealkylation sites (N-methyl/N-ethyl adjacent to an activating group) is 1. The van der Waals surface area contributed by atoms with E-state index in [4.69, 9.17) is 4.74 Å². The van der Waals surface area contributed by atoms with Crippen LogP contribution in [0.15, 0.2) is 42.0 Å². The van der Waals surface area contributed by atoms with Crippen LogP contribution in [-0.4, -0.2) is 66.2 Å². The lowest BCUT2D eigenvalue weighted by atomic mass is 9.99. The highest BCUT2D eigenvalue weighted by atomic mass is 16.5. The topological polar surface area (TPSA) is 96.0 Å². The van der Waals surface area contributed by atoms with Crippen LogP contribution in [0.2, 0.25) is 0 Å². The standard InChI is InChI=1S/C24H33N3O5/c1-17(2)21(26(4)22(29)14-25-16-28)13-18(3)23(30)27-12-8-11-20(27)24(31)32-15-19-9-6-5-7-10-19/h5-7,9-10,13,16-17,20-21H,8,11-12,14-15H2,1-4H3,(H,25,28)/b18-13+/t20-,21?/m0/s1. The van der Waals surface area contributed by atoms with Gasteiger partial charge in [-0.1, -0.05) is 50.3 Å². The Morgan fingerprint density at radius 2 is 1.94 bits per heavy atom. The highest BCUT2D eigenvalue weighted by molar-refractivity contribution is 5.96. The SMILES string of the molecule is C/C(=C\C(C(C)C)N(C)C(=O)CNC=O)C(=O)N1CCC[C@H]1C(=O)OCc1ccccc1. The highest BCUT2D eigenvalue weighted by Gasteiger charge is 2.36. The Labute approximate surface area is 189 Å². The van der Waals surface area contributed by atoms with E-state index < -0.39 is 12.0 Å². The third-order valence-corrected chi connectivity index (χ3v) is 5.63. The summed E-state index contributed by atoms with van der Waals surface area (Å²) < 4.78 is 5.46. The predicted molar refractivity (Wildman–Crippen MR) is 120 cm³/mol. The van der Waals surface area contributed by atoms with Gasteiger partial charge >= 0.3 is 5.97 Å². The van der Waals surface area contributed by atoms with Gasteiger partial charge in [0.25, 0.3) is 0 Å². The number of hydrogen-bond acceptors (Lipinski definition) is 5. The van der Waals surface area contributed by atoms with E-state index in [0.29, 0.717) is 24.9 Å². The number of nitrogens with zero attached hydrogens (tertiary/aromatic N) is 2. The zero-order chi connectivity index (χ0) is 23.7. The van der Waals surface area contributed by atoms with E-state index in [9.17, 15) is 19.2 Å². The van der Waals surface area contributed by atoms with Crippen molar-refractivity contribution in [2.24, 2.45) is 5.92 Å². The first-order valence-corrected chi connectivity index (χ1v) is 10.9. The maximum Gasteiger partial charge on any atom is 0.329 e. The zero-order valence-electron chi connectivity index (χ0n) is 19.2. The van der Waals surface area contributed by atoms with Crippen LogP contribution in [0, 0.1) is 5.92 Å². The summed E-state index contributed by atoms with van der Waals surface area (Å²) in [5.41, 5.74) is 1.36. The Balaban J connectivity index is 2.07. The quantitative estimate of drug-likeness (QED) is 0.339. The molecule has 0 aliphatic carbocycles. The summed E-state index contributed by atoms with van der Waals surface area (Å²) in [5, 5.41) is 2.37. The van der Waals surface area contributed by atoms with Crippen LogP contribution >= 0.6 is 0 Å². The molecule has 1 aliphatic heterocycles. The summed E-state index contributed by atoms with van der Waals surface area (Å²) in [4.78, 5) is 51.7. The molecule has 8 nitrogen and oxygen atoms in total. The number of hydrogen-bond donors (Lipinski definition) is 1. The van der Waals surface area contributed by atoms with E-state index in [1.807, 2.05) is 44.2 Å². The fourth-order valence-electron chi connectivity index (χ4n) is 3.81. The molecule has 0 spiro atoms. The molecule has 1 unspecified atom stereocenters. The van der Waals surface area contributed by atoms with Gasteiger partial charge in [-0.15, -0.1) is 0 Å². The van der Waals surface area contributed by atoms with Crippen molar-refractivity contribution in [1.29, 1.82) is 0 Å². The fourth-order valence-corrected chi connectivity index (χ4v) is 3.81. The monoisotopic (exact) mass is 443 g/mol. The first-order chi connectivity index (χ1) is 15.3. The van der Waals surface area contributed by atoms with E-state index in [0.717, 1.165) is 12.0 Å². The number of likely N-dealkylation sites (tertiary alicyclic amines) is 1. The van der Waals surface area contributed by atoms with Crippen LogP contribution < -0.4 is 5.32 Å². The molecular formula is C24H33N3O5. The third kappa shape index (κ3) is 6.67. The first-order valence-electron chi connectivity index (χ1n) is 10.9. The van der Waals surface area contributed by atoms with Crippen LogP contribution in [0.25, 0.3) is 0 Å². The molecule has 1 saturated heterocycles. The molecule has 0 saturated carbocycles. The normalized spacial score (nSPS) is 17.1. The maximum absolute atomic E-state index is 13.1. The Morgan fingerprint density at radius 1 is 1.25 bits per heavy atom. The van der Waals surface area contributed by atoms with Gasteiger partial charge < -0.3 is 19.9 Å². The summed E-state index contributed by atoms with van der Waals surface area (Å²) in [6.07, 6.45) is 3.53. The zero-order valence-corrected chi connectivity index (χ0v) is 19.2. The largest absolute Gasteiger partial charge is 0.459 e. The fraction of sp³-hybridized carbons (Fsp3) is 0.500. The van der Waals surface area contributed by atoms with Crippen LogP contribution in [0.5, 0.6) is 0 Å². The molecule has 1 heterocycles. The third-order valence-electron chi connectivity index (χ3n) is 5.63. The molecule has 8 heteroatoms. The van der Waals surface area contributed by atoms with Gasteiger partial charge in [-0.2, -0.15) is 0 Å². The van der Waals surface area contributed by atoms with Gasteiger partial charge in [-0.3, -0.25) is 14.4 Å². The molecule has 1 N–H and O–H groups in total. The molecule has 2 rings (SSSR count). The number of nitrogens with one attached hydrogen (secondary N) is 1. The number of amides is 3. The van der Waals surface area contributed by atoms with Crippen LogP contribution in [0.4, 0.5) is 0 Å². The molecular weight excluding hydrogens is 410 g/mol. The van der Waals surface area contributed by atoms with E-state index in [1.165, 1.54) is 4.90 Å². The summed E-state index contributed by atoms with van der Waals surface area (Å²) in [6, 6.07) is 8.48. The average molecular weight is 444 g/mol. The molecule has 1 aliphatic rings. The number of rotatable bonds is 10. The smallest absolute Gasteiger partial charge is 0.329 e. The summed E-state index contributed by atoms with van der Waals surface area (Å²) in [5.74, 6) is -0.842. The lowest BCUT2D eigenvalue weighted by molar-refractivity contribution is -0.153. The molecule has 3 amide bonds. The second-order valence-electron chi connectivity index (χ2n) is 8.34. The number of ether oxygens (including phenoxy) is 1. The molecule has 174 valence electrons. The van der Waals surface area contributed by atoms with Crippen molar-refractivity contribution in [3.05, 3.63) is 47.5 Å². The van der Waals surface area contributed by atoms with Crippen LogP contribution in [0.1, 0.15) is 39.2 Å². The van der Waals surface area contributed by atoms with Gasteiger partial charge in [0, 0.05) is 19.2 Å². The van der Waals surface area contributed by atoms with Crippen LogP contribution in [0.3, 0.4) is 0 Å². The lowest BCUT2D eigenvalue weighted by Crippen LogP contribution is -2.44. The molecule has 0 radical (unpaired) electrons. The predicted octanol–water partition coefficient (Wildman–Crippen LogP) is 1.90. The van der Waals surface area contributed by atoms with Gasteiger partial charge in [0.05, 0.1) is 12.6 Å². The second-order valence-corrected chi connectivity index (χ2v) is 8.34. The van der Waals surface area contributed by atoms with Crippen molar-refractivity contribution in [3.63, 3.8) is 0 Å². The lowest BCUT2D eigenvalue weighted by Gasteiger charge is -2.30. The molecule has 1 fully saturated rings. The number of carbonyl (C=O) groups is 4. The molecule has 1 aromatic rings. The molecule has 0 bridgehead atoms. The number of benzene rings is 1. The van der Waals surface area contributed by atoms with Gasteiger partial charge in [0.2, 0.25) is 18.2 Å². The minimum Gasteiger partial charge on any atom is -0.459 e. The summed E-state index contributed by atoms with van der Waals surface area (Å²) >= 11 is 0. The Bertz CT molecular complexity index is 837. The Kier molecular flexibility index (Phi) is 9.43. The maximum atomic E-state index is 13.1. The molecule has 1 aromatic carbocycles. The first kappa shape index (κ1) is 25.1. The number of esters is 1. The van der Waals surface area contributed by atoms with Gasteiger partial charge in [0.15, 0.2) is 0 Å². The van der Waals surface area contributed by atoms with E-state index in [1.54, 1.807) is 24.9 Å². The highest BCUT2D eigenvalue weighted by Crippen LogP contribution is 2.22. The molecule has 32 heavy (non-hydrogen) atoms. The van der Waals surface area contributed by atoms with Crippen LogP contribution in [-0.2, 0) is 30.5 Å². The van der Waals surface area contributed by atoms with Crippen molar-refractivity contribution >= 4 is 24.2 Å². The summed E-state index contributed by atoms with van der Waals surface area (Å²) in [7, 11) is 1.65. The Hall–Kier alpha value is -3.16.